The van der Waals surface area contributed by atoms with E-state index < -0.39 is 0 Å². The second-order valence-electron chi connectivity index (χ2n) is 9.71. The van der Waals surface area contributed by atoms with Crippen LogP contribution in [0.4, 0.5) is 11.4 Å². The molecule has 0 spiro atoms. The lowest BCUT2D eigenvalue weighted by molar-refractivity contribution is 0.0962. The van der Waals surface area contributed by atoms with Crippen LogP contribution in [0.3, 0.4) is 0 Å². The van der Waals surface area contributed by atoms with Gasteiger partial charge in [0.2, 0.25) is 0 Å². The third-order valence-electron chi connectivity index (χ3n) is 6.89. The van der Waals surface area contributed by atoms with Gasteiger partial charge < -0.3 is 25.4 Å². The Hall–Kier alpha value is -3.84. The maximum atomic E-state index is 13.9. The molecule has 37 heavy (non-hydrogen) atoms. The summed E-state index contributed by atoms with van der Waals surface area (Å²) < 4.78 is 1.80. The number of amides is 1. The van der Waals surface area contributed by atoms with Gasteiger partial charge in [0.25, 0.3) is 11.5 Å². The molecule has 1 aliphatic heterocycles. The molecular formula is C30H37N5O2. The van der Waals surface area contributed by atoms with Gasteiger partial charge in [-0.3, -0.25) is 9.59 Å². The van der Waals surface area contributed by atoms with Crippen LogP contribution >= 0.6 is 0 Å². The van der Waals surface area contributed by atoms with Gasteiger partial charge in [-0.1, -0.05) is 24.8 Å². The summed E-state index contributed by atoms with van der Waals surface area (Å²) in [4.78, 5) is 28.8. The zero-order valence-electron chi connectivity index (χ0n) is 22.3. The Morgan fingerprint density at radius 3 is 2.49 bits per heavy atom. The summed E-state index contributed by atoms with van der Waals surface area (Å²) in [7, 11) is 3.46. The van der Waals surface area contributed by atoms with E-state index in [-0.39, 0.29) is 11.5 Å². The van der Waals surface area contributed by atoms with Crippen LogP contribution in [0.2, 0.25) is 0 Å². The van der Waals surface area contributed by atoms with Crippen LogP contribution in [0.25, 0.3) is 11.3 Å². The number of aromatic nitrogens is 1. The summed E-state index contributed by atoms with van der Waals surface area (Å²) >= 11 is 0. The average Bonchev–Trinajstić information content (AvgIpc) is 3.42. The first-order chi connectivity index (χ1) is 17.8. The molecule has 0 unspecified atom stereocenters. The number of rotatable bonds is 9. The van der Waals surface area contributed by atoms with E-state index in [4.69, 9.17) is 0 Å². The molecule has 194 valence electrons. The molecule has 2 aromatic carbocycles. The maximum absolute atomic E-state index is 13.9. The first-order valence-electron chi connectivity index (χ1n) is 12.8. The molecule has 7 heteroatoms. The highest BCUT2D eigenvalue weighted by molar-refractivity contribution is 5.97. The highest BCUT2D eigenvalue weighted by atomic mass is 16.1. The van der Waals surface area contributed by atoms with Crippen LogP contribution < -0.4 is 26.4 Å². The van der Waals surface area contributed by atoms with E-state index in [9.17, 15) is 9.59 Å². The van der Waals surface area contributed by atoms with Gasteiger partial charge in [-0.05, 0) is 80.8 Å². The zero-order chi connectivity index (χ0) is 26.5. The normalized spacial score (nSPS) is 13.0. The molecule has 0 radical (unpaired) electrons. The van der Waals surface area contributed by atoms with Crippen molar-refractivity contribution in [1.29, 1.82) is 0 Å². The largest absolute Gasteiger partial charge is 0.372 e. The number of carbonyl (C=O) groups is 1. The number of likely N-dealkylation sites (N-methyl/N-ethyl adjacent to an activating group) is 1. The molecule has 3 aromatic rings. The number of benzene rings is 2. The molecule has 0 bridgehead atoms. The fourth-order valence-corrected chi connectivity index (χ4v) is 5.08. The van der Waals surface area contributed by atoms with Crippen LogP contribution in [-0.4, -0.2) is 44.2 Å². The van der Waals surface area contributed by atoms with Gasteiger partial charge in [-0.2, -0.15) is 0 Å². The molecule has 1 aromatic heterocycles. The van der Waals surface area contributed by atoms with E-state index >= 15 is 0 Å². The van der Waals surface area contributed by atoms with Gasteiger partial charge in [0.05, 0.1) is 12.2 Å². The van der Waals surface area contributed by atoms with Gasteiger partial charge in [-0.15, -0.1) is 0 Å². The van der Waals surface area contributed by atoms with Crippen molar-refractivity contribution in [1.82, 2.24) is 15.2 Å². The number of pyridine rings is 1. The molecule has 7 nitrogen and oxygen atoms in total. The third-order valence-corrected chi connectivity index (χ3v) is 6.89. The third kappa shape index (κ3) is 5.78. The minimum atomic E-state index is -0.149. The average molecular weight is 500 g/mol. The van der Waals surface area contributed by atoms with Gasteiger partial charge in [-0.25, -0.2) is 0 Å². The molecular weight excluding hydrogens is 462 g/mol. The van der Waals surface area contributed by atoms with Gasteiger partial charge in [0, 0.05) is 49.2 Å². The number of aryl methyl sites for hydroxylation is 1. The SMILES string of the molecule is C=C(CNC)Nc1ccc(-c2cccc(C(=O)NC)c2C)n(Cc2cc(C)cc(N3CCCC3)c2)c1=O. The molecule has 1 saturated heterocycles. The van der Waals surface area contributed by atoms with Crippen LogP contribution in [0.15, 0.2) is 65.6 Å². The predicted octanol–water partition coefficient (Wildman–Crippen LogP) is 4.29. The van der Waals surface area contributed by atoms with Crippen molar-refractivity contribution in [2.24, 2.45) is 0 Å². The Bertz CT molecular complexity index is 1370. The Kier molecular flexibility index (Phi) is 8.14. The van der Waals surface area contributed by atoms with Crippen molar-refractivity contribution < 1.29 is 4.79 Å². The lowest BCUT2D eigenvalue weighted by Crippen LogP contribution is -2.27. The minimum Gasteiger partial charge on any atom is -0.372 e. The number of anilines is 2. The summed E-state index contributed by atoms with van der Waals surface area (Å²) in [5.41, 5.74) is 7.53. The van der Waals surface area contributed by atoms with E-state index in [1.165, 1.54) is 24.1 Å². The number of nitrogens with zero attached hydrogens (tertiary/aromatic N) is 2. The number of nitrogens with one attached hydrogen (secondary N) is 3. The maximum Gasteiger partial charge on any atom is 0.275 e. The topological polar surface area (TPSA) is 78.4 Å². The molecule has 1 fully saturated rings. The monoisotopic (exact) mass is 499 g/mol. The Labute approximate surface area is 219 Å². The summed E-state index contributed by atoms with van der Waals surface area (Å²) in [6, 6.07) is 15.9. The van der Waals surface area contributed by atoms with Crippen LogP contribution in [0, 0.1) is 13.8 Å². The first-order valence-corrected chi connectivity index (χ1v) is 12.8. The highest BCUT2D eigenvalue weighted by Gasteiger charge is 2.18. The Morgan fingerprint density at radius 1 is 1.03 bits per heavy atom. The van der Waals surface area contributed by atoms with Crippen molar-refractivity contribution in [3.8, 4) is 11.3 Å². The molecule has 0 aliphatic carbocycles. The number of carbonyl (C=O) groups excluding carboxylic acids is 1. The molecule has 1 amide bonds. The predicted molar refractivity (Wildman–Crippen MR) is 153 cm³/mol. The molecule has 1 aliphatic rings. The standard InChI is InChI=1S/C30H37N5O2/c1-20-15-23(17-24(16-20)34-13-6-7-14-34)19-35-28(12-11-27(30(35)37)33-21(2)18-31-4)25-9-8-10-26(22(25)3)29(36)32-5/h8-12,15-17,31,33H,2,6-7,13-14,18-19H2,1,3-5H3,(H,32,36). The first kappa shape index (κ1) is 26.2. The van der Waals surface area contributed by atoms with E-state index in [1.54, 1.807) is 23.7 Å². The van der Waals surface area contributed by atoms with Gasteiger partial charge in [0.1, 0.15) is 5.69 Å². The summed E-state index contributed by atoms with van der Waals surface area (Å²) in [5.74, 6) is -0.149. The lowest BCUT2D eigenvalue weighted by atomic mass is 9.98. The number of hydrogen-bond acceptors (Lipinski definition) is 5. The second-order valence-corrected chi connectivity index (χ2v) is 9.71. The molecule has 0 atom stereocenters. The van der Waals surface area contributed by atoms with E-state index in [2.05, 4.69) is 52.6 Å². The van der Waals surface area contributed by atoms with Gasteiger partial charge in [0.15, 0.2) is 0 Å². The van der Waals surface area contributed by atoms with Crippen molar-refractivity contribution in [3.05, 3.63) is 93.4 Å². The van der Waals surface area contributed by atoms with Gasteiger partial charge >= 0.3 is 0 Å². The number of hydrogen-bond donors (Lipinski definition) is 3. The van der Waals surface area contributed by atoms with E-state index in [0.717, 1.165) is 35.5 Å². The van der Waals surface area contributed by atoms with Crippen molar-refractivity contribution in [2.75, 3.05) is 43.9 Å². The van der Waals surface area contributed by atoms with Crippen molar-refractivity contribution in [3.63, 3.8) is 0 Å². The zero-order valence-corrected chi connectivity index (χ0v) is 22.3. The van der Waals surface area contributed by atoms with E-state index in [0.29, 0.717) is 30.0 Å². The Balaban J connectivity index is 1.84. The fourth-order valence-electron chi connectivity index (χ4n) is 5.08. The Morgan fingerprint density at radius 2 is 1.78 bits per heavy atom. The highest BCUT2D eigenvalue weighted by Crippen LogP contribution is 2.28. The van der Waals surface area contributed by atoms with Crippen molar-refractivity contribution >= 4 is 17.3 Å². The lowest BCUT2D eigenvalue weighted by Gasteiger charge is -2.21. The second kappa shape index (κ2) is 11.5. The minimum absolute atomic E-state index is 0.135. The molecule has 4 rings (SSSR count). The molecule has 2 heterocycles. The van der Waals surface area contributed by atoms with Crippen LogP contribution in [0.1, 0.15) is 39.9 Å². The summed E-state index contributed by atoms with van der Waals surface area (Å²) in [6.45, 7) is 11.1. The fraction of sp³-hybridized carbons (Fsp3) is 0.333. The van der Waals surface area contributed by atoms with E-state index in [1.807, 2.05) is 32.2 Å². The smallest absolute Gasteiger partial charge is 0.275 e. The molecule has 0 saturated carbocycles. The summed E-state index contributed by atoms with van der Waals surface area (Å²) in [6.07, 6.45) is 2.41. The summed E-state index contributed by atoms with van der Waals surface area (Å²) in [5, 5.41) is 8.94. The van der Waals surface area contributed by atoms with Crippen LogP contribution in [-0.2, 0) is 6.54 Å². The molecule has 3 N–H and O–H groups in total. The van der Waals surface area contributed by atoms with Crippen molar-refractivity contribution in [2.45, 2.75) is 33.2 Å². The quantitative estimate of drug-likeness (QED) is 0.410. The van der Waals surface area contributed by atoms with Crippen LogP contribution in [0.5, 0.6) is 0 Å².